The topological polar surface area (TPSA) is 38.7 Å². The number of hydrogen-bond donors (Lipinski definition) is 0. The molecule has 0 fully saturated rings. The standard InChI is InChI=1S/C41H27N3S/c1-4-11-28(12-5-1)29-19-21-31(22-20-29)38-27-37(30-13-6-2-7-14-30)42-40(43-38)35-18-10-17-33(25-35)34-23-24-36-39(26-34)45-41(44-36)32-15-8-3-9-16-32/h1-27H. The van der Waals surface area contributed by atoms with E-state index in [1.54, 1.807) is 11.3 Å². The lowest BCUT2D eigenvalue weighted by atomic mass is 10.0. The minimum atomic E-state index is 0.700. The molecule has 45 heavy (non-hydrogen) atoms. The number of thiazole rings is 1. The molecule has 0 atom stereocenters. The van der Waals surface area contributed by atoms with E-state index in [0.29, 0.717) is 5.82 Å². The maximum Gasteiger partial charge on any atom is 0.160 e. The van der Waals surface area contributed by atoms with Gasteiger partial charge in [-0.15, -0.1) is 11.3 Å². The van der Waals surface area contributed by atoms with Crippen LogP contribution in [0.25, 0.3) is 76.9 Å². The van der Waals surface area contributed by atoms with Crippen molar-refractivity contribution >= 4 is 21.6 Å². The molecule has 2 heterocycles. The first-order valence-corrected chi connectivity index (χ1v) is 15.8. The van der Waals surface area contributed by atoms with Gasteiger partial charge in [0.1, 0.15) is 5.01 Å². The van der Waals surface area contributed by atoms with Crippen LogP contribution in [0.2, 0.25) is 0 Å². The van der Waals surface area contributed by atoms with Gasteiger partial charge in [0.15, 0.2) is 5.82 Å². The zero-order valence-electron chi connectivity index (χ0n) is 24.3. The minimum absolute atomic E-state index is 0.700. The monoisotopic (exact) mass is 593 g/mol. The molecule has 4 heteroatoms. The third-order valence-electron chi connectivity index (χ3n) is 7.95. The summed E-state index contributed by atoms with van der Waals surface area (Å²) in [7, 11) is 0. The fraction of sp³-hybridized carbons (Fsp3) is 0. The molecule has 0 saturated carbocycles. The lowest BCUT2D eigenvalue weighted by Crippen LogP contribution is -1.96. The van der Waals surface area contributed by atoms with Crippen LogP contribution in [0.15, 0.2) is 164 Å². The number of hydrogen-bond acceptors (Lipinski definition) is 4. The van der Waals surface area contributed by atoms with Gasteiger partial charge in [-0.25, -0.2) is 15.0 Å². The minimum Gasteiger partial charge on any atom is -0.236 e. The predicted molar refractivity (Wildman–Crippen MR) is 188 cm³/mol. The lowest BCUT2D eigenvalue weighted by molar-refractivity contribution is 1.18. The molecule has 212 valence electrons. The molecule has 8 aromatic rings. The lowest BCUT2D eigenvalue weighted by Gasteiger charge is -2.11. The van der Waals surface area contributed by atoms with E-state index in [-0.39, 0.29) is 0 Å². The Labute approximate surface area is 266 Å². The Balaban J connectivity index is 1.18. The van der Waals surface area contributed by atoms with E-state index in [2.05, 4.69) is 133 Å². The largest absolute Gasteiger partial charge is 0.236 e. The molecule has 0 aliphatic rings. The first-order chi connectivity index (χ1) is 22.3. The van der Waals surface area contributed by atoms with E-state index in [0.717, 1.165) is 55.3 Å². The molecule has 0 spiro atoms. The Morgan fingerprint density at radius 3 is 1.51 bits per heavy atom. The van der Waals surface area contributed by atoms with Gasteiger partial charge in [0.05, 0.1) is 21.6 Å². The van der Waals surface area contributed by atoms with Crippen LogP contribution in [0.1, 0.15) is 0 Å². The molecule has 0 bridgehead atoms. The second-order valence-electron chi connectivity index (χ2n) is 10.9. The highest BCUT2D eigenvalue weighted by molar-refractivity contribution is 7.21. The van der Waals surface area contributed by atoms with Crippen molar-refractivity contribution < 1.29 is 0 Å². The van der Waals surface area contributed by atoms with Crippen LogP contribution in [-0.4, -0.2) is 15.0 Å². The van der Waals surface area contributed by atoms with Gasteiger partial charge in [0, 0.05) is 22.3 Å². The second kappa shape index (κ2) is 11.8. The SMILES string of the molecule is c1ccc(-c2ccc(-c3cc(-c4ccccc4)nc(-c4cccc(-c5ccc6nc(-c7ccccc7)sc6c5)c4)n3)cc2)cc1. The van der Waals surface area contributed by atoms with E-state index in [1.165, 1.54) is 15.8 Å². The van der Waals surface area contributed by atoms with Crippen LogP contribution in [0, 0.1) is 0 Å². The van der Waals surface area contributed by atoms with Crippen molar-refractivity contribution in [3.8, 4) is 66.7 Å². The van der Waals surface area contributed by atoms with Gasteiger partial charge in [0.2, 0.25) is 0 Å². The van der Waals surface area contributed by atoms with E-state index >= 15 is 0 Å². The summed E-state index contributed by atoms with van der Waals surface area (Å²) in [5.74, 6) is 0.700. The zero-order chi connectivity index (χ0) is 30.0. The van der Waals surface area contributed by atoms with Gasteiger partial charge < -0.3 is 0 Å². The molecular formula is C41H27N3S. The Bertz CT molecular complexity index is 2240. The normalized spacial score (nSPS) is 11.1. The number of nitrogens with zero attached hydrogens (tertiary/aromatic N) is 3. The summed E-state index contributed by atoms with van der Waals surface area (Å²) in [5, 5.41) is 1.03. The first kappa shape index (κ1) is 26.9. The number of aromatic nitrogens is 3. The van der Waals surface area contributed by atoms with Crippen LogP contribution < -0.4 is 0 Å². The number of fused-ring (bicyclic) bond motifs is 1. The highest BCUT2D eigenvalue weighted by atomic mass is 32.1. The summed E-state index contributed by atoms with van der Waals surface area (Å²) in [5.41, 5.74) is 11.7. The first-order valence-electron chi connectivity index (χ1n) is 14.9. The van der Waals surface area contributed by atoms with Crippen molar-refractivity contribution in [3.63, 3.8) is 0 Å². The Morgan fingerprint density at radius 2 is 0.822 bits per heavy atom. The van der Waals surface area contributed by atoms with Crippen molar-refractivity contribution in [2.45, 2.75) is 0 Å². The molecular weight excluding hydrogens is 567 g/mol. The summed E-state index contributed by atoms with van der Waals surface area (Å²) < 4.78 is 1.17. The summed E-state index contributed by atoms with van der Waals surface area (Å²) in [6.07, 6.45) is 0. The molecule has 2 aromatic heterocycles. The van der Waals surface area contributed by atoms with Gasteiger partial charge in [-0.3, -0.25) is 0 Å². The van der Waals surface area contributed by atoms with Crippen molar-refractivity contribution in [2.24, 2.45) is 0 Å². The number of rotatable bonds is 6. The van der Waals surface area contributed by atoms with E-state index < -0.39 is 0 Å². The van der Waals surface area contributed by atoms with Crippen molar-refractivity contribution in [1.82, 2.24) is 15.0 Å². The smallest absolute Gasteiger partial charge is 0.160 e. The van der Waals surface area contributed by atoms with Crippen LogP contribution >= 0.6 is 11.3 Å². The summed E-state index contributed by atoms with van der Waals surface area (Å²) in [6.45, 7) is 0. The number of benzene rings is 6. The van der Waals surface area contributed by atoms with Gasteiger partial charge in [-0.2, -0.15) is 0 Å². The fourth-order valence-corrected chi connectivity index (χ4v) is 6.60. The van der Waals surface area contributed by atoms with Crippen LogP contribution in [0.5, 0.6) is 0 Å². The van der Waals surface area contributed by atoms with Gasteiger partial charge in [-0.05, 0) is 46.5 Å². The predicted octanol–water partition coefficient (Wildman–Crippen LogP) is 11.1. The maximum atomic E-state index is 5.10. The Hall–Kier alpha value is -5.71. The Kier molecular flexibility index (Phi) is 7.02. The molecule has 0 aliphatic carbocycles. The average molecular weight is 594 g/mol. The average Bonchev–Trinajstić information content (AvgIpc) is 3.57. The molecule has 0 N–H and O–H groups in total. The van der Waals surface area contributed by atoms with Crippen LogP contribution in [0.4, 0.5) is 0 Å². The summed E-state index contributed by atoms with van der Waals surface area (Å²) >= 11 is 1.72. The molecule has 3 nitrogen and oxygen atoms in total. The molecule has 0 aliphatic heterocycles. The maximum absolute atomic E-state index is 5.10. The van der Waals surface area contributed by atoms with Crippen molar-refractivity contribution in [1.29, 1.82) is 0 Å². The van der Waals surface area contributed by atoms with Gasteiger partial charge in [0.25, 0.3) is 0 Å². The van der Waals surface area contributed by atoms with Crippen molar-refractivity contribution in [3.05, 3.63) is 164 Å². The van der Waals surface area contributed by atoms with Crippen LogP contribution in [-0.2, 0) is 0 Å². The zero-order valence-corrected chi connectivity index (χ0v) is 25.2. The van der Waals surface area contributed by atoms with Crippen LogP contribution in [0.3, 0.4) is 0 Å². The fourth-order valence-electron chi connectivity index (χ4n) is 5.59. The highest BCUT2D eigenvalue weighted by Gasteiger charge is 2.13. The van der Waals surface area contributed by atoms with E-state index in [1.807, 2.05) is 30.3 Å². The molecule has 0 saturated heterocycles. The third kappa shape index (κ3) is 5.55. The van der Waals surface area contributed by atoms with Gasteiger partial charge in [-0.1, -0.05) is 140 Å². The van der Waals surface area contributed by atoms with E-state index in [4.69, 9.17) is 15.0 Å². The summed E-state index contributed by atoms with van der Waals surface area (Å²) in [4.78, 5) is 15.1. The highest BCUT2D eigenvalue weighted by Crippen LogP contribution is 2.35. The quantitative estimate of drug-likeness (QED) is 0.192. The molecule has 0 radical (unpaired) electrons. The molecule has 8 rings (SSSR count). The third-order valence-corrected chi connectivity index (χ3v) is 9.01. The van der Waals surface area contributed by atoms with Gasteiger partial charge >= 0.3 is 0 Å². The Morgan fingerprint density at radius 1 is 0.333 bits per heavy atom. The second-order valence-corrected chi connectivity index (χ2v) is 12.0. The summed E-state index contributed by atoms with van der Waals surface area (Å²) in [6, 6.07) is 56.8. The molecule has 6 aromatic carbocycles. The van der Waals surface area contributed by atoms with Crippen molar-refractivity contribution in [2.75, 3.05) is 0 Å². The van der Waals surface area contributed by atoms with E-state index in [9.17, 15) is 0 Å². The molecule has 0 amide bonds. The molecule has 0 unspecified atom stereocenters.